The van der Waals surface area contributed by atoms with Crippen molar-refractivity contribution in [3.8, 4) is 0 Å². The molecule has 1 aromatic rings. The lowest BCUT2D eigenvalue weighted by molar-refractivity contribution is 0.402. The van der Waals surface area contributed by atoms with Gasteiger partial charge in [0.25, 0.3) is 10.2 Å². The predicted molar refractivity (Wildman–Crippen MR) is 87.1 cm³/mol. The van der Waals surface area contributed by atoms with E-state index in [1.807, 2.05) is 19.2 Å². The summed E-state index contributed by atoms with van der Waals surface area (Å²) in [6.45, 7) is 6.24. The van der Waals surface area contributed by atoms with Crippen LogP contribution in [0.15, 0.2) is 5.38 Å². The maximum absolute atomic E-state index is 12.0. The van der Waals surface area contributed by atoms with Crippen LogP contribution in [-0.4, -0.2) is 50.4 Å². The van der Waals surface area contributed by atoms with Crippen molar-refractivity contribution in [1.29, 1.82) is 0 Å². The Bertz CT molecular complexity index is 550. The summed E-state index contributed by atoms with van der Waals surface area (Å²) in [7, 11) is -1.81. The van der Waals surface area contributed by atoms with Crippen molar-refractivity contribution in [3.05, 3.63) is 11.1 Å². The van der Waals surface area contributed by atoms with Gasteiger partial charge >= 0.3 is 0 Å². The zero-order valence-electron chi connectivity index (χ0n) is 12.9. The van der Waals surface area contributed by atoms with Gasteiger partial charge in [-0.1, -0.05) is 0 Å². The van der Waals surface area contributed by atoms with E-state index < -0.39 is 10.2 Å². The maximum Gasteiger partial charge on any atom is 0.279 e. The third-order valence-electron chi connectivity index (χ3n) is 3.69. The van der Waals surface area contributed by atoms with E-state index in [1.165, 1.54) is 17.1 Å². The molecule has 0 atom stereocenters. The molecule has 1 N–H and O–H groups in total. The van der Waals surface area contributed by atoms with Gasteiger partial charge in [0.1, 0.15) is 0 Å². The summed E-state index contributed by atoms with van der Waals surface area (Å²) in [6, 6.07) is -0.0523. The van der Waals surface area contributed by atoms with Crippen LogP contribution in [0.5, 0.6) is 0 Å². The summed E-state index contributed by atoms with van der Waals surface area (Å²) in [5, 5.41) is 3.08. The van der Waals surface area contributed by atoms with Crippen molar-refractivity contribution in [2.45, 2.75) is 39.2 Å². The molecular weight excluding hydrogens is 308 g/mol. The highest BCUT2D eigenvalue weighted by atomic mass is 32.2. The first-order valence-electron chi connectivity index (χ1n) is 7.32. The highest BCUT2D eigenvalue weighted by molar-refractivity contribution is 7.87. The smallest absolute Gasteiger partial charge is 0.279 e. The molecule has 0 spiro atoms. The molecule has 21 heavy (non-hydrogen) atoms. The molecule has 0 unspecified atom stereocenters. The van der Waals surface area contributed by atoms with E-state index in [1.54, 1.807) is 18.4 Å². The number of nitrogens with zero attached hydrogens (tertiary/aromatic N) is 3. The first kappa shape index (κ1) is 16.7. The van der Waals surface area contributed by atoms with Crippen LogP contribution in [-0.2, 0) is 16.6 Å². The number of aromatic nitrogens is 1. The zero-order valence-corrected chi connectivity index (χ0v) is 14.5. The average molecular weight is 332 g/mol. The van der Waals surface area contributed by atoms with Crippen molar-refractivity contribution in [3.63, 3.8) is 0 Å². The van der Waals surface area contributed by atoms with Crippen LogP contribution < -0.4 is 9.62 Å². The van der Waals surface area contributed by atoms with Crippen LogP contribution in [0.25, 0.3) is 0 Å². The molecule has 0 saturated carbocycles. The zero-order chi connectivity index (χ0) is 15.5. The summed E-state index contributed by atoms with van der Waals surface area (Å²) in [5.41, 5.74) is 0.955. The van der Waals surface area contributed by atoms with Crippen LogP contribution in [0, 0.1) is 0 Å². The Kier molecular flexibility index (Phi) is 5.59. The third-order valence-corrected chi connectivity index (χ3v) is 6.39. The molecule has 1 aromatic heterocycles. The molecule has 0 aromatic carbocycles. The number of thiazole rings is 1. The number of hydrogen-bond donors (Lipinski definition) is 1. The van der Waals surface area contributed by atoms with Gasteiger partial charge in [-0.2, -0.15) is 12.7 Å². The fraction of sp³-hybridized carbons (Fsp3) is 0.769. The molecule has 1 fully saturated rings. The Balaban J connectivity index is 1.83. The molecule has 0 bridgehead atoms. The standard InChI is InChI=1S/C13H24N4O2S2/c1-11(2)16(3)21(18,19)14-7-6-12-10-20-13(15-12)17-8-4-5-9-17/h10-11,14H,4-9H2,1-3H3. The fourth-order valence-corrected chi connectivity index (χ4v) is 4.18. The topological polar surface area (TPSA) is 65.5 Å². The minimum atomic E-state index is -3.39. The molecule has 1 aliphatic rings. The molecule has 2 rings (SSSR count). The minimum absolute atomic E-state index is 0.0523. The lowest BCUT2D eigenvalue weighted by Gasteiger charge is -2.21. The first-order valence-corrected chi connectivity index (χ1v) is 9.64. The second kappa shape index (κ2) is 7.04. The first-order chi connectivity index (χ1) is 9.90. The van der Waals surface area contributed by atoms with Crippen molar-refractivity contribution in [2.75, 3.05) is 31.6 Å². The lowest BCUT2D eigenvalue weighted by atomic mass is 10.3. The van der Waals surface area contributed by atoms with E-state index in [2.05, 4.69) is 14.6 Å². The fourth-order valence-electron chi connectivity index (χ4n) is 2.15. The van der Waals surface area contributed by atoms with Gasteiger partial charge in [0.15, 0.2) is 5.13 Å². The summed E-state index contributed by atoms with van der Waals surface area (Å²) < 4.78 is 27.9. The van der Waals surface area contributed by atoms with Crippen LogP contribution in [0.4, 0.5) is 5.13 Å². The van der Waals surface area contributed by atoms with Crippen molar-refractivity contribution in [1.82, 2.24) is 14.0 Å². The second-order valence-electron chi connectivity index (χ2n) is 5.57. The normalized spacial score (nSPS) is 16.3. The Morgan fingerprint density at radius 2 is 2.10 bits per heavy atom. The van der Waals surface area contributed by atoms with Gasteiger partial charge in [0.2, 0.25) is 0 Å². The number of rotatable bonds is 7. The van der Waals surface area contributed by atoms with E-state index in [4.69, 9.17) is 0 Å². The van der Waals surface area contributed by atoms with Gasteiger partial charge in [-0.05, 0) is 26.7 Å². The molecule has 8 heteroatoms. The van der Waals surface area contributed by atoms with Gasteiger partial charge < -0.3 is 4.90 Å². The number of anilines is 1. The summed E-state index contributed by atoms with van der Waals surface area (Å²) in [6.07, 6.45) is 3.09. The summed E-state index contributed by atoms with van der Waals surface area (Å²) >= 11 is 1.64. The van der Waals surface area contributed by atoms with Gasteiger partial charge in [0, 0.05) is 44.5 Å². The molecule has 0 radical (unpaired) electrons. The van der Waals surface area contributed by atoms with Gasteiger partial charge in [-0.25, -0.2) is 9.71 Å². The van der Waals surface area contributed by atoms with E-state index in [-0.39, 0.29) is 6.04 Å². The predicted octanol–water partition coefficient (Wildman–Crippen LogP) is 1.46. The minimum Gasteiger partial charge on any atom is -0.348 e. The third kappa shape index (κ3) is 4.38. The Morgan fingerprint density at radius 1 is 1.43 bits per heavy atom. The quantitative estimate of drug-likeness (QED) is 0.821. The van der Waals surface area contributed by atoms with Gasteiger partial charge in [-0.15, -0.1) is 11.3 Å². The van der Waals surface area contributed by atoms with E-state index in [0.717, 1.165) is 23.9 Å². The number of nitrogens with one attached hydrogen (secondary N) is 1. The van der Waals surface area contributed by atoms with Gasteiger partial charge in [0.05, 0.1) is 5.69 Å². The largest absolute Gasteiger partial charge is 0.348 e. The van der Waals surface area contributed by atoms with Crippen molar-refractivity contribution >= 4 is 26.7 Å². The molecular formula is C13H24N4O2S2. The van der Waals surface area contributed by atoms with Crippen LogP contribution >= 0.6 is 11.3 Å². The molecule has 0 amide bonds. The summed E-state index contributed by atoms with van der Waals surface area (Å²) in [4.78, 5) is 6.88. The van der Waals surface area contributed by atoms with Crippen molar-refractivity contribution in [2.24, 2.45) is 0 Å². The van der Waals surface area contributed by atoms with E-state index in [0.29, 0.717) is 13.0 Å². The Labute approximate surface area is 131 Å². The van der Waals surface area contributed by atoms with Crippen LogP contribution in [0.3, 0.4) is 0 Å². The average Bonchev–Trinajstić information content (AvgIpc) is 3.07. The summed E-state index contributed by atoms with van der Waals surface area (Å²) in [5.74, 6) is 0. The lowest BCUT2D eigenvalue weighted by Crippen LogP contribution is -2.42. The highest BCUT2D eigenvalue weighted by Crippen LogP contribution is 2.24. The molecule has 0 aliphatic carbocycles. The SMILES string of the molecule is CC(C)N(C)S(=O)(=O)NCCc1csc(N2CCCC2)n1. The van der Waals surface area contributed by atoms with E-state index >= 15 is 0 Å². The monoisotopic (exact) mass is 332 g/mol. The van der Waals surface area contributed by atoms with Crippen LogP contribution in [0.1, 0.15) is 32.4 Å². The molecule has 2 heterocycles. The maximum atomic E-state index is 12.0. The molecule has 1 aliphatic heterocycles. The molecule has 6 nitrogen and oxygen atoms in total. The Hall–Kier alpha value is -0.700. The number of hydrogen-bond acceptors (Lipinski definition) is 5. The Morgan fingerprint density at radius 3 is 2.71 bits per heavy atom. The molecule has 120 valence electrons. The van der Waals surface area contributed by atoms with Crippen molar-refractivity contribution < 1.29 is 8.42 Å². The van der Waals surface area contributed by atoms with Gasteiger partial charge in [-0.3, -0.25) is 0 Å². The highest BCUT2D eigenvalue weighted by Gasteiger charge is 2.20. The van der Waals surface area contributed by atoms with E-state index in [9.17, 15) is 8.42 Å². The van der Waals surface area contributed by atoms with Crippen LogP contribution in [0.2, 0.25) is 0 Å². The molecule has 1 saturated heterocycles. The second-order valence-corrected chi connectivity index (χ2v) is 8.23.